The molecule has 1 unspecified atom stereocenters. The van der Waals surface area contributed by atoms with Crippen molar-refractivity contribution in [3.05, 3.63) is 70.7 Å². The number of hydrogen-bond donors (Lipinski definition) is 1. The van der Waals surface area contributed by atoms with Gasteiger partial charge in [-0.3, -0.25) is 9.69 Å². The first-order chi connectivity index (χ1) is 12.6. The molecule has 0 saturated carbocycles. The topological polar surface area (TPSA) is 43.8 Å². The third-order valence-electron chi connectivity index (χ3n) is 4.74. The molecule has 5 heteroatoms. The van der Waals surface area contributed by atoms with Crippen LogP contribution < -0.4 is 0 Å². The third-order valence-corrected chi connectivity index (χ3v) is 4.99. The highest BCUT2D eigenvalue weighted by atomic mass is 35.5. The van der Waals surface area contributed by atoms with Crippen LogP contribution in [-0.4, -0.2) is 40.1 Å². The van der Waals surface area contributed by atoms with Crippen LogP contribution in [-0.2, 0) is 17.9 Å². The Labute approximate surface area is 160 Å². The molecule has 1 aliphatic rings. The molecule has 1 fully saturated rings. The molecule has 0 aromatic heterocycles. The largest absolute Gasteiger partial charge is 0.373 e. The maximum atomic E-state index is 11.8. The summed E-state index contributed by atoms with van der Waals surface area (Å²) < 4.78 is 0. The molecule has 0 radical (unpaired) electrons. The van der Waals surface area contributed by atoms with Gasteiger partial charge in [0.15, 0.2) is 0 Å². The summed E-state index contributed by atoms with van der Waals surface area (Å²) >= 11 is 5.98. The van der Waals surface area contributed by atoms with Crippen molar-refractivity contribution in [2.45, 2.75) is 38.6 Å². The van der Waals surface area contributed by atoms with Crippen molar-refractivity contribution in [1.29, 1.82) is 0 Å². The van der Waals surface area contributed by atoms with Crippen LogP contribution in [0.2, 0.25) is 5.02 Å². The van der Waals surface area contributed by atoms with Crippen LogP contribution in [0.4, 0.5) is 0 Å². The zero-order valence-corrected chi connectivity index (χ0v) is 15.6. The van der Waals surface area contributed by atoms with Crippen LogP contribution >= 0.6 is 11.6 Å². The highest BCUT2D eigenvalue weighted by Gasteiger charge is 2.26. The minimum Gasteiger partial charge on any atom is -0.373 e. The van der Waals surface area contributed by atoms with Crippen molar-refractivity contribution in [3.8, 4) is 0 Å². The number of hydrogen-bond acceptors (Lipinski definition) is 3. The number of carbonyl (C=O) groups excluding carboxylic acids is 1. The lowest BCUT2D eigenvalue weighted by Crippen LogP contribution is -2.38. The van der Waals surface area contributed by atoms with E-state index in [1.807, 2.05) is 42.5 Å². The van der Waals surface area contributed by atoms with Gasteiger partial charge < -0.3 is 10.0 Å². The van der Waals surface area contributed by atoms with Crippen LogP contribution in [0.15, 0.2) is 54.6 Å². The molecule has 0 bridgehead atoms. The van der Waals surface area contributed by atoms with E-state index in [0.29, 0.717) is 25.9 Å². The summed E-state index contributed by atoms with van der Waals surface area (Å²) in [4.78, 5) is 15.7. The molecular formula is C21H25ClN2O2. The normalized spacial score (nSPS) is 15.7. The number of aliphatic hydroxyl groups excluding tert-OH is 1. The first kappa shape index (κ1) is 18.9. The van der Waals surface area contributed by atoms with Gasteiger partial charge in [-0.25, -0.2) is 0 Å². The van der Waals surface area contributed by atoms with E-state index in [-0.39, 0.29) is 5.91 Å². The Morgan fingerprint density at radius 3 is 2.31 bits per heavy atom. The highest BCUT2D eigenvalue weighted by Crippen LogP contribution is 2.17. The van der Waals surface area contributed by atoms with Gasteiger partial charge in [0, 0.05) is 44.0 Å². The summed E-state index contributed by atoms with van der Waals surface area (Å²) in [6.45, 7) is 2.94. The quantitative estimate of drug-likeness (QED) is 0.768. The van der Waals surface area contributed by atoms with E-state index >= 15 is 0 Å². The van der Waals surface area contributed by atoms with E-state index in [0.717, 1.165) is 24.5 Å². The number of halogens is 1. The van der Waals surface area contributed by atoms with Gasteiger partial charge in [-0.2, -0.15) is 0 Å². The van der Waals surface area contributed by atoms with Crippen LogP contribution in [0.5, 0.6) is 0 Å². The van der Waals surface area contributed by atoms with Gasteiger partial charge >= 0.3 is 0 Å². The molecule has 0 spiro atoms. The number of rotatable bonds is 8. The molecule has 26 heavy (non-hydrogen) atoms. The molecule has 2 aromatic rings. The standard InChI is InChI=1S/C21H25ClN2O2/c22-19-10-8-18(9-11-19)16-23(15-17-5-2-1-3-6-17)14-12-21(26)24-13-4-7-20(24)25/h1-3,5-6,8-11,21,26H,4,7,12-16H2. The molecule has 0 aliphatic carbocycles. The van der Waals surface area contributed by atoms with Gasteiger partial charge in [-0.15, -0.1) is 0 Å². The zero-order chi connectivity index (χ0) is 18.4. The number of carbonyl (C=O) groups is 1. The van der Waals surface area contributed by atoms with E-state index in [4.69, 9.17) is 11.6 Å². The Morgan fingerprint density at radius 2 is 1.69 bits per heavy atom. The molecule has 1 aliphatic heterocycles. The van der Waals surface area contributed by atoms with E-state index in [2.05, 4.69) is 17.0 Å². The monoisotopic (exact) mass is 372 g/mol. The molecule has 1 saturated heterocycles. The average Bonchev–Trinajstić information content (AvgIpc) is 3.08. The fourth-order valence-corrected chi connectivity index (χ4v) is 3.47. The molecule has 1 atom stereocenters. The summed E-state index contributed by atoms with van der Waals surface area (Å²) in [6, 6.07) is 18.1. The lowest BCUT2D eigenvalue weighted by Gasteiger charge is -2.27. The van der Waals surface area contributed by atoms with Crippen molar-refractivity contribution >= 4 is 17.5 Å². The van der Waals surface area contributed by atoms with Crippen LogP contribution in [0, 0.1) is 0 Å². The number of likely N-dealkylation sites (tertiary alicyclic amines) is 1. The first-order valence-electron chi connectivity index (χ1n) is 9.10. The second-order valence-corrected chi connectivity index (χ2v) is 7.22. The van der Waals surface area contributed by atoms with E-state index in [1.165, 1.54) is 11.1 Å². The van der Waals surface area contributed by atoms with Gasteiger partial charge in [0.25, 0.3) is 0 Å². The fourth-order valence-electron chi connectivity index (χ4n) is 3.34. The molecule has 1 heterocycles. The van der Waals surface area contributed by atoms with Gasteiger partial charge in [-0.1, -0.05) is 54.1 Å². The predicted molar refractivity (Wildman–Crippen MR) is 104 cm³/mol. The van der Waals surface area contributed by atoms with Crippen LogP contribution in [0.1, 0.15) is 30.4 Å². The Kier molecular flexibility index (Phi) is 6.67. The molecule has 4 nitrogen and oxygen atoms in total. The Morgan fingerprint density at radius 1 is 1.04 bits per heavy atom. The van der Waals surface area contributed by atoms with Crippen molar-refractivity contribution in [3.63, 3.8) is 0 Å². The maximum Gasteiger partial charge on any atom is 0.224 e. The summed E-state index contributed by atoms with van der Waals surface area (Å²) in [6.07, 6.45) is 1.24. The SMILES string of the molecule is O=C1CCCN1C(O)CCN(Cc1ccccc1)Cc1ccc(Cl)cc1. The molecule has 3 rings (SSSR count). The molecular weight excluding hydrogens is 348 g/mol. The Hall–Kier alpha value is -1.88. The van der Waals surface area contributed by atoms with E-state index < -0.39 is 6.23 Å². The van der Waals surface area contributed by atoms with Gasteiger partial charge in [0.05, 0.1) is 0 Å². The number of amides is 1. The lowest BCUT2D eigenvalue weighted by atomic mass is 10.1. The Balaban J connectivity index is 1.63. The zero-order valence-electron chi connectivity index (χ0n) is 14.9. The number of benzene rings is 2. The van der Waals surface area contributed by atoms with Crippen molar-refractivity contribution in [1.82, 2.24) is 9.80 Å². The minimum atomic E-state index is -0.700. The molecule has 138 valence electrons. The summed E-state index contributed by atoms with van der Waals surface area (Å²) in [7, 11) is 0. The summed E-state index contributed by atoms with van der Waals surface area (Å²) in [5.41, 5.74) is 2.41. The van der Waals surface area contributed by atoms with E-state index in [1.54, 1.807) is 4.90 Å². The molecule has 2 aromatic carbocycles. The summed E-state index contributed by atoms with van der Waals surface area (Å²) in [5, 5.41) is 11.1. The van der Waals surface area contributed by atoms with Gasteiger partial charge in [0.2, 0.25) is 5.91 Å². The van der Waals surface area contributed by atoms with Gasteiger partial charge in [-0.05, 0) is 29.7 Å². The van der Waals surface area contributed by atoms with Crippen LogP contribution in [0.3, 0.4) is 0 Å². The third kappa shape index (κ3) is 5.31. The van der Waals surface area contributed by atoms with Crippen LogP contribution in [0.25, 0.3) is 0 Å². The average molecular weight is 373 g/mol. The minimum absolute atomic E-state index is 0.0600. The maximum absolute atomic E-state index is 11.8. The second-order valence-electron chi connectivity index (χ2n) is 6.78. The molecule has 1 amide bonds. The predicted octanol–water partition coefficient (Wildman–Crippen LogP) is 3.67. The van der Waals surface area contributed by atoms with Gasteiger partial charge in [0.1, 0.15) is 6.23 Å². The number of nitrogens with zero attached hydrogens (tertiary/aromatic N) is 2. The fraction of sp³-hybridized carbons (Fsp3) is 0.381. The first-order valence-corrected chi connectivity index (χ1v) is 9.48. The molecule has 1 N–H and O–H groups in total. The highest BCUT2D eigenvalue weighted by molar-refractivity contribution is 6.30. The van der Waals surface area contributed by atoms with Crippen molar-refractivity contribution < 1.29 is 9.90 Å². The number of aliphatic hydroxyl groups is 1. The smallest absolute Gasteiger partial charge is 0.224 e. The summed E-state index contributed by atoms with van der Waals surface area (Å²) in [5.74, 6) is 0.0600. The van der Waals surface area contributed by atoms with E-state index in [9.17, 15) is 9.90 Å². The lowest BCUT2D eigenvalue weighted by molar-refractivity contribution is -0.136. The second kappa shape index (κ2) is 9.17. The van der Waals surface area contributed by atoms with Crippen molar-refractivity contribution in [2.24, 2.45) is 0 Å². The van der Waals surface area contributed by atoms with Crippen molar-refractivity contribution in [2.75, 3.05) is 13.1 Å². The Bertz CT molecular complexity index is 706.